The molecule has 0 atom stereocenters. The van der Waals surface area contributed by atoms with Gasteiger partial charge in [-0.15, -0.1) is 36.2 Å². The van der Waals surface area contributed by atoms with Crippen molar-refractivity contribution >= 4 is 0 Å². The van der Waals surface area contributed by atoms with Crippen molar-refractivity contribution in [1.29, 1.82) is 0 Å². The maximum Gasteiger partial charge on any atom is 2.00 e. The molecule has 0 fully saturated rings. The topological polar surface area (TPSA) is 25.8 Å². The van der Waals surface area contributed by atoms with Crippen LogP contribution in [0.1, 0.15) is 52.8 Å². The Morgan fingerprint density at radius 1 is 0.679 bits per heavy atom. The molecule has 3 aromatic rings. The van der Waals surface area contributed by atoms with Gasteiger partial charge in [0.2, 0.25) is 0 Å². The van der Waals surface area contributed by atoms with Crippen molar-refractivity contribution < 1.29 is 21.1 Å². The minimum absolute atomic E-state index is 0. The molecule has 1 aromatic carbocycles. The van der Waals surface area contributed by atoms with Gasteiger partial charge in [0.25, 0.3) is 0 Å². The van der Waals surface area contributed by atoms with Gasteiger partial charge in [0.15, 0.2) is 0 Å². The van der Waals surface area contributed by atoms with Gasteiger partial charge >= 0.3 is 21.1 Å². The van der Waals surface area contributed by atoms with Crippen LogP contribution < -0.4 is 0 Å². The van der Waals surface area contributed by atoms with Crippen LogP contribution in [0.2, 0.25) is 0 Å². The Balaban J connectivity index is 0.000000957. The predicted molar refractivity (Wildman–Crippen MR) is 117 cm³/mol. The summed E-state index contributed by atoms with van der Waals surface area (Å²) in [6.45, 7) is 12.0. The second-order valence-electron chi connectivity index (χ2n) is 5.21. The number of pyridine rings is 2. The van der Waals surface area contributed by atoms with E-state index in [0.717, 1.165) is 41.2 Å². The van der Waals surface area contributed by atoms with Crippen molar-refractivity contribution in [1.82, 2.24) is 9.97 Å². The van der Waals surface area contributed by atoms with Crippen LogP contribution in [0.15, 0.2) is 54.6 Å². The molecule has 0 saturated heterocycles. The molecule has 2 aromatic heterocycles. The minimum Gasteiger partial charge on any atom is -0.320 e. The normalized spacial score (nSPS) is 10.5. The Morgan fingerprint density at radius 2 is 1.25 bits per heavy atom. The first-order valence-electron chi connectivity index (χ1n) is 10.2. The molecular formula is C25H32N2Pt. The van der Waals surface area contributed by atoms with Gasteiger partial charge in [0.05, 0.1) is 11.4 Å². The molecule has 0 amide bonds. The van der Waals surface area contributed by atoms with E-state index in [0.29, 0.717) is 0 Å². The summed E-state index contributed by atoms with van der Waals surface area (Å²) >= 11 is 0. The van der Waals surface area contributed by atoms with Gasteiger partial charge in [-0.2, -0.15) is 12.0 Å². The van der Waals surface area contributed by atoms with Crippen molar-refractivity contribution in [2.24, 2.45) is 0 Å². The van der Waals surface area contributed by atoms with Gasteiger partial charge in [0.1, 0.15) is 0 Å². The second kappa shape index (κ2) is 15.2. The molecule has 28 heavy (non-hydrogen) atoms. The summed E-state index contributed by atoms with van der Waals surface area (Å²) in [6, 6.07) is 21.9. The van der Waals surface area contributed by atoms with E-state index < -0.39 is 0 Å². The van der Waals surface area contributed by atoms with Gasteiger partial charge in [-0.1, -0.05) is 59.7 Å². The molecule has 1 aliphatic rings. The number of hydrogen-bond donors (Lipinski definition) is 0. The molecule has 0 saturated carbocycles. The fourth-order valence-electron chi connectivity index (χ4n) is 2.62. The Bertz CT molecular complexity index is 737. The fourth-order valence-corrected chi connectivity index (χ4v) is 2.62. The standard InChI is InChI=1S/C19H14N2.3C2H6.Pt/c1-5-14-6-2-8-16-9-3-11-18(20-16)19-12-4-10-17(21-19)15(7-1)13-14;3*1-2;/h1-5,7,9-12H,6,8H2;3*1-2H3;/q-2;;;;+2. The number of rotatable bonds is 0. The molecule has 152 valence electrons. The summed E-state index contributed by atoms with van der Waals surface area (Å²) in [5, 5.41) is 0. The molecule has 3 heteroatoms. The number of hydrogen-bond acceptors (Lipinski definition) is 2. The average molecular weight is 556 g/mol. The zero-order chi connectivity index (χ0) is 20.1. The van der Waals surface area contributed by atoms with E-state index in [2.05, 4.69) is 42.8 Å². The van der Waals surface area contributed by atoms with Crippen molar-refractivity contribution in [2.75, 3.05) is 0 Å². The van der Waals surface area contributed by atoms with Gasteiger partial charge in [-0.25, -0.2) is 0 Å². The second-order valence-corrected chi connectivity index (χ2v) is 5.21. The molecule has 0 radical (unpaired) electrons. The van der Waals surface area contributed by atoms with Crippen LogP contribution in [-0.2, 0) is 33.9 Å². The monoisotopic (exact) mass is 555 g/mol. The minimum atomic E-state index is 0. The average Bonchev–Trinajstić information content (AvgIpc) is 2.78. The van der Waals surface area contributed by atoms with Crippen molar-refractivity contribution in [3.8, 4) is 22.6 Å². The van der Waals surface area contributed by atoms with E-state index in [1.807, 2.05) is 65.8 Å². The Kier molecular flexibility index (Phi) is 14.2. The third-order valence-electron chi connectivity index (χ3n) is 3.67. The third-order valence-corrected chi connectivity index (χ3v) is 3.67. The Hall–Kier alpha value is -1.79. The number of nitrogens with zero attached hydrogens (tertiary/aromatic N) is 2. The zero-order valence-corrected chi connectivity index (χ0v) is 20.2. The molecule has 0 spiro atoms. The summed E-state index contributed by atoms with van der Waals surface area (Å²) in [5.74, 6) is 0. The van der Waals surface area contributed by atoms with Crippen LogP contribution in [0, 0.1) is 12.5 Å². The van der Waals surface area contributed by atoms with Crippen LogP contribution in [0.25, 0.3) is 22.6 Å². The van der Waals surface area contributed by atoms with E-state index in [9.17, 15) is 0 Å². The van der Waals surface area contributed by atoms with Crippen LogP contribution in [0.3, 0.4) is 0 Å². The molecule has 2 nitrogen and oxygen atoms in total. The van der Waals surface area contributed by atoms with E-state index >= 15 is 0 Å². The molecule has 0 N–H and O–H groups in total. The van der Waals surface area contributed by atoms with Crippen LogP contribution in [-0.4, -0.2) is 9.97 Å². The summed E-state index contributed by atoms with van der Waals surface area (Å²) in [7, 11) is 0. The molecule has 0 aliphatic carbocycles. The van der Waals surface area contributed by atoms with E-state index in [4.69, 9.17) is 9.97 Å². The van der Waals surface area contributed by atoms with E-state index in [-0.39, 0.29) is 21.1 Å². The first-order chi connectivity index (χ1) is 13.4. The first-order valence-corrected chi connectivity index (χ1v) is 10.2. The van der Waals surface area contributed by atoms with Crippen molar-refractivity contribution in [2.45, 2.75) is 54.4 Å². The SMILES string of the molecule is CC.CC.CC.[Pt+2].[c-]1c2cccc1-c1cccc(n1)-c1cccc(n1)C[CH-]C2. The van der Waals surface area contributed by atoms with Crippen LogP contribution in [0.5, 0.6) is 0 Å². The fraction of sp³-hybridized carbons (Fsp3) is 0.320. The van der Waals surface area contributed by atoms with Crippen LogP contribution in [0.4, 0.5) is 0 Å². The van der Waals surface area contributed by atoms with Gasteiger partial charge in [0, 0.05) is 5.69 Å². The number of fused-ring (bicyclic) bond motifs is 8. The van der Waals surface area contributed by atoms with Crippen LogP contribution >= 0.6 is 0 Å². The van der Waals surface area contributed by atoms with Crippen molar-refractivity contribution in [3.05, 3.63) is 78.3 Å². The molecule has 1 aliphatic heterocycles. The maximum absolute atomic E-state index is 4.75. The molecule has 0 unspecified atom stereocenters. The van der Waals surface area contributed by atoms with Gasteiger partial charge in [-0.05, 0) is 23.9 Å². The Morgan fingerprint density at radius 3 is 1.96 bits per heavy atom. The number of benzene rings is 1. The molecule has 3 heterocycles. The maximum atomic E-state index is 4.75. The zero-order valence-electron chi connectivity index (χ0n) is 17.9. The summed E-state index contributed by atoms with van der Waals surface area (Å²) in [5.41, 5.74) is 6.10. The van der Waals surface area contributed by atoms with Gasteiger partial charge in [-0.3, -0.25) is 9.97 Å². The molecular weight excluding hydrogens is 523 g/mol. The van der Waals surface area contributed by atoms with Gasteiger partial charge < -0.3 is 6.42 Å². The smallest absolute Gasteiger partial charge is 0.320 e. The van der Waals surface area contributed by atoms with E-state index in [1.54, 1.807) is 0 Å². The Labute approximate surface area is 186 Å². The van der Waals surface area contributed by atoms with E-state index in [1.165, 1.54) is 5.56 Å². The van der Waals surface area contributed by atoms with Crippen molar-refractivity contribution in [3.63, 3.8) is 0 Å². The quantitative estimate of drug-likeness (QED) is 0.280. The summed E-state index contributed by atoms with van der Waals surface area (Å²) < 4.78 is 0. The number of aromatic nitrogens is 2. The summed E-state index contributed by atoms with van der Waals surface area (Å²) in [6.07, 6.45) is 4.02. The first kappa shape index (κ1) is 26.2. The molecule has 6 bridgehead atoms. The molecule has 4 rings (SSSR count). The third kappa shape index (κ3) is 7.32. The predicted octanol–water partition coefficient (Wildman–Crippen LogP) is 6.99. The largest absolute Gasteiger partial charge is 2.00 e. The summed E-state index contributed by atoms with van der Waals surface area (Å²) in [4.78, 5) is 9.46.